The van der Waals surface area contributed by atoms with Crippen LogP contribution in [0.4, 0.5) is 0 Å². The van der Waals surface area contributed by atoms with Crippen molar-refractivity contribution in [2.24, 2.45) is 5.92 Å². The van der Waals surface area contributed by atoms with Crippen LogP contribution in [0, 0.1) is 5.92 Å². The summed E-state index contributed by atoms with van der Waals surface area (Å²) in [7, 11) is 1.43. The minimum absolute atomic E-state index is 0.140. The van der Waals surface area contributed by atoms with Crippen LogP contribution >= 0.6 is 11.8 Å². The minimum atomic E-state index is -0.140. The Morgan fingerprint density at radius 1 is 1.28 bits per heavy atom. The number of carbonyl (C=O) groups excluding carboxylic acids is 2. The molecule has 1 atom stereocenters. The first kappa shape index (κ1) is 20.3. The fraction of sp³-hybridized carbons (Fsp3) is 0.800. The number of hydrogen-bond donors (Lipinski definition) is 0. The Morgan fingerprint density at radius 2 is 2.12 bits per heavy atom. The number of rotatable bonds is 12. The molecule has 1 amide bonds. The standard InChI is InChI=1S/C20H33NO3S/c1-24-20(23)11-6-15-25-16-14-21-18(9-5-10-19(21)22)8-4-2-3-7-17-12-13-17/h4,8,17-18H,2-3,5-7,9-16H2,1H3/b8-4+. The van der Waals surface area contributed by atoms with Crippen molar-refractivity contribution in [3.05, 3.63) is 12.2 Å². The molecule has 1 aliphatic heterocycles. The van der Waals surface area contributed by atoms with Gasteiger partial charge in [0.2, 0.25) is 5.91 Å². The zero-order valence-corrected chi connectivity index (χ0v) is 16.4. The molecule has 2 rings (SSSR count). The highest BCUT2D eigenvalue weighted by molar-refractivity contribution is 7.99. The second-order valence-electron chi connectivity index (χ2n) is 7.14. The van der Waals surface area contributed by atoms with E-state index in [1.807, 2.05) is 11.8 Å². The van der Waals surface area contributed by atoms with Crippen molar-refractivity contribution in [2.75, 3.05) is 25.2 Å². The number of ether oxygens (including phenoxy) is 1. The van der Waals surface area contributed by atoms with Crippen LogP contribution in [0.15, 0.2) is 12.2 Å². The highest BCUT2D eigenvalue weighted by Gasteiger charge is 2.25. The number of likely N-dealkylation sites (tertiary alicyclic amines) is 1. The fourth-order valence-electron chi connectivity index (χ4n) is 3.31. The molecule has 25 heavy (non-hydrogen) atoms. The summed E-state index contributed by atoms with van der Waals surface area (Å²) in [6, 6.07) is 0.290. The van der Waals surface area contributed by atoms with Crippen molar-refractivity contribution in [1.29, 1.82) is 0 Å². The number of nitrogens with zero attached hydrogens (tertiary/aromatic N) is 1. The highest BCUT2D eigenvalue weighted by Crippen LogP contribution is 2.33. The molecule has 5 heteroatoms. The van der Waals surface area contributed by atoms with Crippen LogP contribution < -0.4 is 0 Å². The Bertz CT molecular complexity index is 448. The average molecular weight is 368 g/mol. The normalized spacial score (nSPS) is 21.1. The molecule has 1 saturated heterocycles. The maximum Gasteiger partial charge on any atom is 0.305 e. The van der Waals surface area contributed by atoms with E-state index in [-0.39, 0.29) is 12.0 Å². The molecule has 2 fully saturated rings. The molecular formula is C20H33NO3S. The van der Waals surface area contributed by atoms with Crippen molar-refractivity contribution in [2.45, 2.75) is 70.3 Å². The van der Waals surface area contributed by atoms with E-state index in [1.165, 1.54) is 32.8 Å². The van der Waals surface area contributed by atoms with E-state index in [1.54, 1.807) is 0 Å². The molecule has 1 heterocycles. The summed E-state index contributed by atoms with van der Waals surface area (Å²) in [5.74, 6) is 3.06. The number of thioether (sulfide) groups is 1. The van der Waals surface area contributed by atoms with Crippen LogP contribution in [0.2, 0.25) is 0 Å². The number of amides is 1. The van der Waals surface area contributed by atoms with Gasteiger partial charge >= 0.3 is 5.97 Å². The van der Waals surface area contributed by atoms with E-state index in [0.29, 0.717) is 18.7 Å². The summed E-state index contributed by atoms with van der Waals surface area (Å²) in [5, 5.41) is 0. The zero-order chi connectivity index (χ0) is 17.9. The number of methoxy groups -OCH3 is 1. The lowest BCUT2D eigenvalue weighted by Crippen LogP contribution is -2.43. The molecule has 0 N–H and O–H groups in total. The van der Waals surface area contributed by atoms with Crippen LogP contribution in [-0.4, -0.2) is 48.0 Å². The van der Waals surface area contributed by atoms with Crippen molar-refractivity contribution in [1.82, 2.24) is 4.90 Å². The maximum atomic E-state index is 12.3. The largest absolute Gasteiger partial charge is 0.469 e. The number of piperidine rings is 1. The molecular weight excluding hydrogens is 334 g/mol. The van der Waals surface area contributed by atoms with Gasteiger partial charge in [-0.1, -0.05) is 31.4 Å². The van der Waals surface area contributed by atoms with Crippen LogP contribution in [0.5, 0.6) is 0 Å². The quantitative estimate of drug-likeness (QED) is 0.295. The number of hydrogen-bond acceptors (Lipinski definition) is 4. The molecule has 1 unspecified atom stereocenters. The van der Waals surface area contributed by atoms with Gasteiger partial charge in [-0.3, -0.25) is 9.59 Å². The third-order valence-electron chi connectivity index (χ3n) is 5.02. The van der Waals surface area contributed by atoms with E-state index in [9.17, 15) is 9.59 Å². The third-order valence-corrected chi connectivity index (χ3v) is 6.07. The monoisotopic (exact) mass is 367 g/mol. The summed E-state index contributed by atoms with van der Waals surface area (Å²) < 4.78 is 4.64. The predicted molar refractivity (Wildman–Crippen MR) is 104 cm³/mol. The van der Waals surface area contributed by atoms with Gasteiger partial charge < -0.3 is 9.64 Å². The Labute approximate surface area is 156 Å². The summed E-state index contributed by atoms with van der Waals surface area (Å²) in [6.45, 7) is 0.818. The highest BCUT2D eigenvalue weighted by atomic mass is 32.2. The van der Waals surface area contributed by atoms with Gasteiger partial charge in [0.25, 0.3) is 0 Å². The fourth-order valence-corrected chi connectivity index (χ4v) is 4.19. The van der Waals surface area contributed by atoms with Gasteiger partial charge in [-0.25, -0.2) is 0 Å². The lowest BCUT2D eigenvalue weighted by Gasteiger charge is -2.34. The van der Waals surface area contributed by atoms with E-state index < -0.39 is 0 Å². The van der Waals surface area contributed by atoms with Crippen molar-refractivity contribution in [3.63, 3.8) is 0 Å². The number of allylic oxidation sites excluding steroid dienone is 1. The van der Waals surface area contributed by atoms with Crippen molar-refractivity contribution < 1.29 is 14.3 Å². The maximum absolute atomic E-state index is 12.3. The Balaban J connectivity index is 1.62. The number of unbranched alkanes of at least 4 members (excludes halogenated alkanes) is 1. The zero-order valence-electron chi connectivity index (χ0n) is 15.6. The lowest BCUT2D eigenvalue weighted by molar-refractivity contribution is -0.140. The average Bonchev–Trinajstić information content (AvgIpc) is 3.43. The Morgan fingerprint density at radius 3 is 2.88 bits per heavy atom. The van der Waals surface area contributed by atoms with E-state index in [0.717, 1.165) is 49.7 Å². The molecule has 0 spiro atoms. The molecule has 0 aromatic rings. The summed E-state index contributed by atoms with van der Waals surface area (Å²) >= 11 is 1.82. The molecule has 0 bridgehead atoms. The minimum Gasteiger partial charge on any atom is -0.469 e. The van der Waals surface area contributed by atoms with Gasteiger partial charge in [-0.15, -0.1) is 0 Å². The SMILES string of the molecule is COC(=O)CCCSCCN1C(=O)CCCC1/C=C/CCCC1CC1. The van der Waals surface area contributed by atoms with Crippen LogP contribution in [0.25, 0.3) is 0 Å². The molecule has 0 aromatic carbocycles. The van der Waals surface area contributed by atoms with Crippen molar-refractivity contribution in [3.8, 4) is 0 Å². The molecule has 142 valence electrons. The predicted octanol–water partition coefficient (Wildman–Crippen LogP) is 4.19. The third kappa shape index (κ3) is 8.30. The number of esters is 1. The topological polar surface area (TPSA) is 46.6 Å². The summed E-state index contributed by atoms with van der Waals surface area (Å²) in [6.07, 6.45) is 15.4. The van der Waals surface area contributed by atoms with Gasteiger partial charge in [0.05, 0.1) is 7.11 Å². The summed E-state index contributed by atoms with van der Waals surface area (Å²) in [4.78, 5) is 25.4. The summed E-state index contributed by atoms with van der Waals surface area (Å²) in [5.41, 5.74) is 0. The second-order valence-corrected chi connectivity index (χ2v) is 8.37. The van der Waals surface area contributed by atoms with E-state index in [4.69, 9.17) is 0 Å². The van der Waals surface area contributed by atoms with Crippen molar-refractivity contribution >= 4 is 23.6 Å². The molecule has 0 radical (unpaired) electrons. The number of carbonyl (C=O) groups is 2. The van der Waals surface area contributed by atoms with Crippen LogP contribution in [-0.2, 0) is 14.3 Å². The Kier molecular flexibility index (Phi) is 9.45. The van der Waals surface area contributed by atoms with Crippen LogP contribution in [0.3, 0.4) is 0 Å². The molecule has 2 aliphatic rings. The molecule has 0 aromatic heterocycles. The van der Waals surface area contributed by atoms with E-state index >= 15 is 0 Å². The first-order chi connectivity index (χ1) is 12.2. The first-order valence-corrected chi connectivity index (χ1v) is 11.0. The van der Waals surface area contributed by atoms with Gasteiger partial charge in [0, 0.05) is 31.2 Å². The van der Waals surface area contributed by atoms with Crippen LogP contribution in [0.1, 0.15) is 64.2 Å². The molecule has 1 aliphatic carbocycles. The molecule has 4 nitrogen and oxygen atoms in total. The lowest BCUT2D eigenvalue weighted by atomic mass is 10.0. The van der Waals surface area contributed by atoms with Gasteiger partial charge in [-0.05, 0) is 43.8 Å². The first-order valence-electron chi connectivity index (χ1n) is 9.81. The second kappa shape index (κ2) is 11.6. The molecule has 1 saturated carbocycles. The smallest absolute Gasteiger partial charge is 0.305 e. The van der Waals surface area contributed by atoms with Gasteiger partial charge in [-0.2, -0.15) is 11.8 Å². The van der Waals surface area contributed by atoms with E-state index in [2.05, 4.69) is 21.8 Å². The van der Waals surface area contributed by atoms with Gasteiger partial charge in [0.15, 0.2) is 0 Å². The van der Waals surface area contributed by atoms with Gasteiger partial charge in [0.1, 0.15) is 0 Å². The Hall–Kier alpha value is -0.970.